The van der Waals surface area contributed by atoms with Crippen molar-refractivity contribution in [3.63, 3.8) is 0 Å². The Hall–Kier alpha value is -1.16. The van der Waals surface area contributed by atoms with Gasteiger partial charge in [-0.2, -0.15) is 0 Å². The van der Waals surface area contributed by atoms with E-state index >= 15 is 0 Å². The van der Waals surface area contributed by atoms with E-state index in [9.17, 15) is 0 Å². The molecule has 0 saturated carbocycles. The number of nitrogens with two attached hydrogens (primary N) is 1. The van der Waals surface area contributed by atoms with Crippen LogP contribution in [-0.2, 0) is 0 Å². The largest absolute Gasteiger partial charge is 0.369 e. The number of rotatable bonds is 3. The van der Waals surface area contributed by atoms with Crippen LogP contribution in [0.4, 0.5) is 5.82 Å². The van der Waals surface area contributed by atoms with Gasteiger partial charge in [0.15, 0.2) is 0 Å². The third kappa shape index (κ3) is 2.51. The fourth-order valence-electron chi connectivity index (χ4n) is 0.751. The second-order valence-electron chi connectivity index (χ2n) is 2.26. The van der Waals surface area contributed by atoms with Crippen LogP contribution in [0.25, 0.3) is 0 Å². The van der Waals surface area contributed by atoms with E-state index in [1.54, 1.807) is 0 Å². The van der Waals surface area contributed by atoms with Crippen molar-refractivity contribution in [1.29, 1.82) is 0 Å². The monoisotopic (exact) mass is 152 g/mol. The van der Waals surface area contributed by atoms with Crippen LogP contribution in [0.2, 0.25) is 0 Å². The smallest absolute Gasteiger partial charge is 0.129 e. The summed E-state index contributed by atoms with van der Waals surface area (Å²) in [5.74, 6) is 0.836. The minimum absolute atomic E-state index is 0.614. The van der Waals surface area contributed by atoms with Gasteiger partial charge in [-0.15, -0.1) is 0 Å². The maximum absolute atomic E-state index is 5.31. The predicted molar refractivity (Wildman–Crippen MR) is 44.3 cm³/mol. The average molecular weight is 152 g/mol. The molecule has 1 aromatic rings. The minimum Gasteiger partial charge on any atom is -0.369 e. The molecule has 4 heteroatoms. The lowest BCUT2D eigenvalue weighted by atomic mass is 10.4. The Morgan fingerprint density at radius 2 is 2.36 bits per heavy atom. The van der Waals surface area contributed by atoms with E-state index in [0.717, 1.165) is 18.1 Å². The molecule has 0 spiro atoms. The first-order chi connectivity index (χ1) is 5.33. The molecule has 1 aromatic heterocycles. The van der Waals surface area contributed by atoms with E-state index in [-0.39, 0.29) is 0 Å². The highest BCUT2D eigenvalue weighted by molar-refractivity contribution is 5.34. The molecule has 3 N–H and O–H groups in total. The van der Waals surface area contributed by atoms with Crippen LogP contribution in [0.3, 0.4) is 0 Å². The Kier molecular flexibility index (Phi) is 2.80. The Bertz CT molecular complexity index is 223. The molecule has 0 amide bonds. The second-order valence-corrected chi connectivity index (χ2v) is 2.26. The lowest BCUT2D eigenvalue weighted by Crippen LogP contribution is -2.13. The van der Waals surface area contributed by atoms with Crippen LogP contribution < -0.4 is 11.1 Å². The molecule has 0 atom stereocenters. The van der Waals surface area contributed by atoms with Crippen molar-refractivity contribution in [1.82, 2.24) is 9.97 Å². The highest BCUT2D eigenvalue weighted by Gasteiger charge is 1.91. The van der Waals surface area contributed by atoms with Gasteiger partial charge in [0.1, 0.15) is 12.1 Å². The third-order valence-corrected chi connectivity index (χ3v) is 1.25. The summed E-state index contributed by atoms with van der Waals surface area (Å²) in [6.07, 6.45) is 1.54. The number of nitrogens with zero attached hydrogens (tertiary/aromatic N) is 2. The summed E-state index contributed by atoms with van der Waals surface area (Å²) >= 11 is 0. The Morgan fingerprint density at radius 1 is 1.55 bits per heavy atom. The average Bonchev–Trinajstić information content (AvgIpc) is 2.01. The molecule has 0 aliphatic rings. The summed E-state index contributed by atoms with van der Waals surface area (Å²) < 4.78 is 0. The summed E-state index contributed by atoms with van der Waals surface area (Å²) in [4.78, 5) is 7.96. The SMILES string of the molecule is Cc1cc(NCCN)ncn1. The summed E-state index contributed by atoms with van der Waals surface area (Å²) in [6.45, 7) is 3.29. The molecule has 1 heterocycles. The van der Waals surface area contributed by atoms with E-state index in [2.05, 4.69) is 15.3 Å². The predicted octanol–water partition coefficient (Wildman–Crippen LogP) is 0.156. The van der Waals surface area contributed by atoms with E-state index in [4.69, 9.17) is 5.73 Å². The molecule has 0 radical (unpaired) electrons. The maximum Gasteiger partial charge on any atom is 0.129 e. The van der Waals surface area contributed by atoms with Gasteiger partial charge in [0.25, 0.3) is 0 Å². The van der Waals surface area contributed by atoms with Gasteiger partial charge < -0.3 is 11.1 Å². The zero-order chi connectivity index (χ0) is 8.10. The summed E-state index contributed by atoms with van der Waals surface area (Å²) in [6, 6.07) is 1.88. The fraction of sp³-hybridized carbons (Fsp3) is 0.429. The number of hydrogen-bond donors (Lipinski definition) is 2. The lowest BCUT2D eigenvalue weighted by Gasteiger charge is -2.02. The Balaban J connectivity index is 2.56. The van der Waals surface area contributed by atoms with Gasteiger partial charge in [-0.25, -0.2) is 9.97 Å². The van der Waals surface area contributed by atoms with Crippen molar-refractivity contribution in [2.75, 3.05) is 18.4 Å². The minimum atomic E-state index is 0.614. The van der Waals surface area contributed by atoms with E-state index in [1.165, 1.54) is 6.33 Å². The second kappa shape index (κ2) is 3.88. The van der Waals surface area contributed by atoms with Crippen LogP contribution in [0, 0.1) is 6.92 Å². The van der Waals surface area contributed by atoms with E-state index in [1.807, 2.05) is 13.0 Å². The molecule has 0 unspecified atom stereocenters. The topological polar surface area (TPSA) is 63.8 Å². The molecule has 1 rings (SSSR count). The molecular weight excluding hydrogens is 140 g/mol. The molecule has 0 saturated heterocycles. The van der Waals surface area contributed by atoms with Crippen molar-refractivity contribution in [3.8, 4) is 0 Å². The van der Waals surface area contributed by atoms with Crippen molar-refractivity contribution in [3.05, 3.63) is 18.1 Å². The Morgan fingerprint density at radius 3 is 3.00 bits per heavy atom. The van der Waals surface area contributed by atoms with E-state index in [0.29, 0.717) is 6.54 Å². The molecule has 0 fully saturated rings. The van der Waals surface area contributed by atoms with Crippen molar-refractivity contribution in [2.24, 2.45) is 5.73 Å². The van der Waals surface area contributed by atoms with Crippen LogP contribution >= 0.6 is 0 Å². The van der Waals surface area contributed by atoms with Gasteiger partial charge in [0, 0.05) is 24.8 Å². The zero-order valence-corrected chi connectivity index (χ0v) is 6.54. The molecule has 0 aliphatic carbocycles. The van der Waals surface area contributed by atoms with Gasteiger partial charge in [-0.05, 0) is 6.92 Å². The zero-order valence-electron chi connectivity index (χ0n) is 6.54. The molecule has 0 aliphatic heterocycles. The number of hydrogen-bond acceptors (Lipinski definition) is 4. The van der Waals surface area contributed by atoms with Crippen LogP contribution in [-0.4, -0.2) is 23.1 Å². The van der Waals surface area contributed by atoms with Crippen molar-refractivity contribution in [2.45, 2.75) is 6.92 Å². The summed E-state index contributed by atoms with van der Waals surface area (Å²) in [5, 5.41) is 3.06. The highest BCUT2D eigenvalue weighted by atomic mass is 15.0. The van der Waals surface area contributed by atoms with Crippen molar-refractivity contribution < 1.29 is 0 Å². The third-order valence-electron chi connectivity index (χ3n) is 1.25. The highest BCUT2D eigenvalue weighted by Crippen LogP contribution is 2.00. The van der Waals surface area contributed by atoms with Crippen LogP contribution in [0.5, 0.6) is 0 Å². The Labute approximate surface area is 65.9 Å². The molecule has 0 aromatic carbocycles. The fourth-order valence-corrected chi connectivity index (χ4v) is 0.751. The normalized spacial score (nSPS) is 9.64. The summed E-state index contributed by atoms with van der Waals surface area (Å²) in [7, 11) is 0. The number of nitrogens with one attached hydrogen (secondary N) is 1. The number of aryl methyl sites for hydroxylation is 1. The van der Waals surface area contributed by atoms with Gasteiger partial charge in [-0.3, -0.25) is 0 Å². The van der Waals surface area contributed by atoms with Crippen LogP contribution in [0.15, 0.2) is 12.4 Å². The first kappa shape index (κ1) is 7.94. The number of anilines is 1. The molecule has 4 nitrogen and oxygen atoms in total. The molecule has 60 valence electrons. The van der Waals surface area contributed by atoms with Gasteiger partial charge in [0.05, 0.1) is 0 Å². The van der Waals surface area contributed by atoms with Gasteiger partial charge in [-0.1, -0.05) is 0 Å². The molecule has 11 heavy (non-hydrogen) atoms. The first-order valence-corrected chi connectivity index (χ1v) is 3.55. The standard InChI is InChI=1S/C7H12N4/c1-6-4-7(9-3-2-8)11-5-10-6/h4-5H,2-3,8H2,1H3,(H,9,10,11). The molecule has 0 bridgehead atoms. The van der Waals surface area contributed by atoms with E-state index < -0.39 is 0 Å². The van der Waals surface area contributed by atoms with Crippen molar-refractivity contribution >= 4 is 5.82 Å². The molecular formula is C7H12N4. The summed E-state index contributed by atoms with van der Waals surface area (Å²) in [5.41, 5.74) is 6.27. The quantitative estimate of drug-likeness (QED) is 0.647. The van der Waals surface area contributed by atoms with Crippen LogP contribution in [0.1, 0.15) is 5.69 Å². The van der Waals surface area contributed by atoms with Gasteiger partial charge >= 0.3 is 0 Å². The lowest BCUT2D eigenvalue weighted by molar-refractivity contribution is 0.997. The maximum atomic E-state index is 5.31. The number of aromatic nitrogens is 2. The van der Waals surface area contributed by atoms with Gasteiger partial charge in [0.2, 0.25) is 0 Å². The first-order valence-electron chi connectivity index (χ1n) is 3.55.